The maximum atomic E-state index is 3.74. The molecule has 1 aromatic rings. The monoisotopic (exact) mass is 340 g/mol. The average molecular weight is 341 g/mol. The smallest absolute Gasteiger partial charge is 0.144 e. The fourth-order valence-electron chi connectivity index (χ4n) is 2.19. The van der Waals surface area contributed by atoms with Gasteiger partial charge in [0, 0.05) is 5.69 Å². The minimum absolute atomic E-state index is 0.981. The SMILES string of the molecule is C[Si](C)(C)N[Si](C)(C)C.Cc1ccc(N[Si](C)(C)C)cc1. The molecule has 122 valence electrons. The molecule has 0 bridgehead atoms. The van der Waals surface area contributed by atoms with Crippen LogP contribution < -0.4 is 9.63 Å². The van der Waals surface area contributed by atoms with Gasteiger partial charge in [0.1, 0.15) is 24.7 Å². The third-order valence-electron chi connectivity index (χ3n) is 2.32. The maximum Gasteiger partial charge on any atom is 0.144 e. The van der Waals surface area contributed by atoms with Crippen molar-refractivity contribution in [2.45, 2.75) is 65.8 Å². The number of benzene rings is 1. The molecule has 0 radical (unpaired) electrons. The van der Waals surface area contributed by atoms with Gasteiger partial charge >= 0.3 is 0 Å². The Morgan fingerprint density at radius 2 is 1.00 bits per heavy atom. The van der Waals surface area contributed by atoms with Crippen molar-refractivity contribution in [2.75, 3.05) is 4.98 Å². The van der Waals surface area contributed by atoms with Crippen molar-refractivity contribution in [1.29, 1.82) is 0 Å². The Labute approximate surface area is 136 Å². The second-order valence-corrected chi connectivity index (χ2v) is 23.6. The number of nitrogens with one attached hydrogen (secondary N) is 2. The van der Waals surface area contributed by atoms with Crippen LogP contribution in [0.15, 0.2) is 24.3 Å². The average Bonchev–Trinajstić information content (AvgIpc) is 2.14. The maximum absolute atomic E-state index is 3.74. The van der Waals surface area contributed by atoms with E-state index in [1.165, 1.54) is 11.3 Å². The summed E-state index contributed by atoms with van der Waals surface area (Å²) in [7, 11) is -3.13. The lowest BCUT2D eigenvalue weighted by atomic mass is 10.2. The van der Waals surface area contributed by atoms with E-state index in [9.17, 15) is 0 Å². The zero-order valence-electron chi connectivity index (χ0n) is 15.8. The zero-order chi connectivity index (χ0) is 16.9. The lowest BCUT2D eigenvalue weighted by Gasteiger charge is -2.28. The van der Waals surface area contributed by atoms with Gasteiger partial charge in [-0.1, -0.05) is 76.6 Å². The lowest BCUT2D eigenvalue weighted by Crippen LogP contribution is -2.55. The molecule has 0 saturated heterocycles. The molecule has 0 spiro atoms. The Morgan fingerprint density at radius 3 is 1.24 bits per heavy atom. The van der Waals surface area contributed by atoms with Crippen molar-refractivity contribution in [2.24, 2.45) is 0 Å². The van der Waals surface area contributed by atoms with Crippen LogP contribution in [-0.4, -0.2) is 24.7 Å². The lowest BCUT2D eigenvalue weighted by molar-refractivity contribution is 1.30. The van der Waals surface area contributed by atoms with E-state index in [1.54, 1.807) is 0 Å². The van der Waals surface area contributed by atoms with Crippen LogP contribution in [0.1, 0.15) is 5.56 Å². The predicted molar refractivity (Wildman–Crippen MR) is 108 cm³/mol. The van der Waals surface area contributed by atoms with Crippen molar-refractivity contribution >= 4 is 30.4 Å². The normalized spacial score (nSPS) is 12.5. The number of anilines is 1. The highest BCUT2D eigenvalue weighted by Crippen LogP contribution is 2.12. The molecule has 0 unspecified atom stereocenters. The molecule has 2 nitrogen and oxygen atoms in total. The van der Waals surface area contributed by atoms with Gasteiger partial charge < -0.3 is 9.63 Å². The van der Waals surface area contributed by atoms with E-state index in [4.69, 9.17) is 0 Å². The second-order valence-electron chi connectivity index (χ2n) is 8.87. The number of hydrogen-bond donors (Lipinski definition) is 2. The Bertz CT molecular complexity index is 397. The van der Waals surface area contributed by atoms with Crippen LogP contribution in [-0.2, 0) is 0 Å². The van der Waals surface area contributed by atoms with Gasteiger partial charge in [-0.15, -0.1) is 0 Å². The highest BCUT2D eigenvalue weighted by molar-refractivity contribution is 6.90. The van der Waals surface area contributed by atoms with Crippen LogP contribution >= 0.6 is 0 Å². The topological polar surface area (TPSA) is 24.1 Å². The summed E-state index contributed by atoms with van der Waals surface area (Å²) in [6, 6.07) is 8.58. The molecule has 0 saturated carbocycles. The first kappa shape index (κ1) is 20.6. The zero-order valence-corrected chi connectivity index (χ0v) is 18.8. The van der Waals surface area contributed by atoms with Gasteiger partial charge in [0.15, 0.2) is 0 Å². The van der Waals surface area contributed by atoms with Gasteiger partial charge in [0.05, 0.1) is 0 Å². The Kier molecular flexibility index (Phi) is 7.62. The summed E-state index contributed by atoms with van der Waals surface area (Å²) in [5, 5.41) is 0. The summed E-state index contributed by atoms with van der Waals surface area (Å²) in [4.78, 5) is 3.55. The molecular weight excluding hydrogens is 304 g/mol. The molecule has 0 amide bonds. The van der Waals surface area contributed by atoms with Gasteiger partial charge in [-0.05, 0) is 19.1 Å². The van der Waals surface area contributed by atoms with Gasteiger partial charge in [-0.3, -0.25) is 0 Å². The van der Waals surface area contributed by atoms with E-state index in [-0.39, 0.29) is 0 Å². The molecule has 2 N–H and O–H groups in total. The molecule has 0 fully saturated rings. The third-order valence-corrected chi connectivity index (χ3v) is 9.36. The summed E-state index contributed by atoms with van der Waals surface area (Å²) in [5.74, 6) is 0. The molecule has 0 atom stereocenters. The molecule has 1 rings (SSSR count). The molecule has 5 heteroatoms. The van der Waals surface area contributed by atoms with Crippen molar-refractivity contribution in [3.63, 3.8) is 0 Å². The van der Waals surface area contributed by atoms with Crippen LogP contribution in [0.2, 0.25) is 58.9 Å². The van der Waals surface area contributed by atoms with Crippen molar-refractivity contribution in [3.05, 3.63) is 29.8 Å². The molecule has 0 aliphatic heterocycles. The fraction of sp³-hybridized carbons (Fsp3) is 0.625. The van der Waals surface area contributed by atoms with E-state index in [2.05, 4.69) is 99.7 Å². The molecule has 21 heavy (non-hydrogen) atoms. The van der Waals surface area contributed by atoms with Crippen molar-refractivity contribution in [1.82, 2.24) is 4.65 Å². The van der Waals surface area contributed by atoms with Crippen LogP contribution in [0.3, 0.4) is 0 Å². The summed E-state index contributed by atoms with van der Waals surface area (Å²) in [5.41, 5.74) is 2.57. The number of aryl methyl sites for hydroxylation is 1. The quantitative estimate of drug-likeness (QED) is 0.708. The summed E-state index contributed by atoms with van der Waals surface area (Å²) in [6.45, 7) is 23.1. The minimum Gasteiger partial charge on any atom is -0.411 e. The first-order chi connectivity index (χ1) is 9.18. The fourth-order valence-corrected chi connectivity index (χ4v) is 12.2. The van der Waals surface area contributed by atoms with E-state index in [1.807, 2.05) is 0 Å². The second kappa shape index (κ2) is 7.76. The van der Waals surface area contributed by atoms with E-state index in [0.29, 0.717) is 0 Å². The summed E-state index contributed by atoms with van der Waals surface area (Å²) < 4.78 is 3.74. The Morgan fingerprint density at radius 1 is 0.619 bits per heavy atom. The van der Waals surface area contributed by atoms with Crippen molar-refractivity contribution < 1.29 is 0 Å². The Hall–Kier alpha value is -0.369. The molecule has 1 aromatic carbocycles. The minimum atomic E-state index is -1.17. The molecule has 0 aromatic heterocycles. The van der Waals surface area contributed by atoms with Gasteiger partial charge in [-0.2, -0.15) is 0 Å². The molecule has 0 aliphatic rings. The van der Waals surface area contributed by atoms with E-state index in [0.717, 1.165) is 0 Å². The van der Waals surface area contributed by atoms with Crippen LogP contribution in [0.4, 0.5) is 5.69 Å². The Balaban J connectivity index is 0.000000400. The first-order valence-corrected chi connectivity index (χ1v) is 18.3. The van der Waals surface area contributed by atoms with Crippen LogP contribution in [0.25, 0.3) is 0 Å². The van der Waals surface area contributed by atoms with Gasteiger partial charge in [0.25, 0.3) is 0 Å². The standard InChI is InChI=1S/C10H17NSi.C6H19NSi2/c1-9-5-7-10(8-6-9)11-12(2,3)4;1-8(2,3)7-9(4,5)6/h5-8,11H,1-4H3;7H,1-6H3. The highest BCUT2D eigenvalue weighted by Gasteiger charge is 2.22. The largest absolute Gasteiger partial charge is 0.411 e. The molecule has 0 heterocycles. The van der Waals surface area contributed by atoms with Crippen LogP contribution in [0, 0.1) is 6.92 Å². The summed E-state index contributed by atoms with van der Waals surface area (Å²) in [6.07, 6.45) is 0. The first-order valence-electron chi connectivity index (χ1n) is 7.82. The van der Waals surface area contributed by atoms with Gasteiger partial charge in [-0.25, -0.2) is 0 Å². The van der Waals surface area contributed by atoms with Crippen molar-refractivity contribution in [3.8, 4) is 0 Å². The predicted octanol–water partition coefficient (Wildman–Crippen LogP) is 5.49. The van der Waals surface area contributed by atoms with E-state index >= 15 is 0 Å². The van der Waals surface area contributed by atoms with Gasteiger partial charge in [0.2, 0.25) is 0 Å². The molecular formula is C16H36N2Si3. The summed E-state index contributed by atoms with van der Waals surface area (Å²) >= 11 is 0. The number of hydrogen-bond acceptors (Lipinski definition) is 2. The van der Waals surface area contributed by atoms with E-state index < -0.39 is 24.7 Å². The third kappa shape index (κ3) is 14.3. The molecule has 0 aliphatic carbocycles. The highest BCUT2D eigenvalue weighted by atomic mass is 28.4. The van der Waals surface area contributed by atoms with Crippen LogP contribution in [0.5, 0.6) is 0 Å². The number of rotatable bonds is 4.